The zero-order chi connectivity index (χ0) is 13.2. The molecule has 1 aromatic rings. The molecule has 1 N–H and O–H groups in total. The Kier molecular flexibility index (Phi) is 7.54. The van der Waals surface area contributed by atoms with Crippen molar-refractivity contribution < 1.29 is 0 Å². The highest BCUT2D eigenvalue weighted by molar-refractivity contribution is 5.27. The first-order valence-electron chi connectivity index (χ1n) is 7.48. The monoisotopic (exact) mass is 251 g/mol. The molecule has 3 heteroatoms. The summed E-state index contributed by atoms with van der Waals surface area (Å²) in [6.07, 6.45) is 13.0. The highest BCUT2D eigenvalue weighted by Gasteiger charge is 2.00. The third kappa shape index (κ3) is 6.08. The first-order valence-corrected chi connectivity index (χ1v) is 7.48. The quantitative estimate of drug-likeness (QED) is 0.629. The maximum Gasteiger partial charge on any atom is 0.202 e. The lowest BCUT2D eigenvalue weighted by molar-refractivity contribution is 0.580. The van der Waals surface area contributed by atoms with Crippen LogP contribution in [0.5, 0.6) is 0 Å². The molecular weight excluding hydrogens is 222 g/mol. The minimum Gasteiger partial charge on any atom is -0.356 e. The number of imidazole rings is 1. The number of nitrogens with one attached hydrogen (secondary N) is 1. The topological polar surface area (TPSA) is 29.9 Å². The van der Waals surface area contributed by atoms with Gasteiger partial charge in [0.15, 0.2) is 0 Å². The SMILES string of the molecule is CCCCCCCCCCNc1nc(C)cn1C. The predicted molar refractivity (Wildman–Crippen MR) is 79.0 cm³/mol. The van der Waals surface area contributed by atoms with Gasteiger partial charge in [0.2, 0.25) is 5.95 Å². The van der Waals surface area contributed by atoms with E-state index < -0.39 is 0 Å². The van der Waals surface area contributed by atoms with Crippen LogP contribution in [0.3, 0.4) is 0 Å². The van der Waals surface area contributed by atoms with E-state index in [4.69, 9.17) is 0 Å². The van der Waals surface area contributed by atoms with Gasteiger partial charge in [0.05, 0.1) is 5.69 Å². The van der Waals surface area contributed by atoms with Crippen molar-refractivity contribution >= 4 is 5.95 Å². The van der Waals surface area contributed by atoms with Crippen molar-refractivity contribution in [3.63, 3.8) is 0 Å². The minimum atomic E-state index is 0.996. The fraction of sp³-hybridized carbons (Fsp3) is 0.800. The van der Waals surface area contributed by atoms with Gasteiger partial charge in [-0.3, -0.25) is 0 Å². The van der Waals surface area contributed by atoms with Gasteiger partial charge in [0.1, 0.15) is 0 Å². The third-order valence-electron chi connectivity index (χ3n) is 3.31. The van der Waals surface area contributed by atoms with Gasteiger partial charge in [-0.25, -0.2) is 4.98 Å². The molecule has 0 aliphatic carbocycles. The van der Waals surface area contributed by atoms with Crippen LogP contribution in [0.25, 0.3) is 0 Å². The van der Waals surface area contributed by atoms with Gasteiger partial charge in [0, 0.05) is 19.8 Å². The molecular formula is C15H29N3. The van der Waals surface area contributed by atoms with Crippen LogP contribution in [0, 0.1) is 6.92 Å². The standard InChI is InChI=1S/C15H29N3/c1-4-5-6-7-8-9-10-11-12-16-15-17-14(2)13-18(15)3/h13H,4-12H2,1-3H3,(H,16,17). The minimum absolute atomic E-state index is 0.996. The number of aryl methyl sites for hydroxylation is 2. The molecule has 0 aliphatic heterocycles. The number of rotatable bonds is 10. The van der Waals surface area contributed by atoms with E-state index in [1.54, 1.807) is 0 Å². The fourth-order valence-corrected chi connectivity index (χ4v) is 2.24. The second-order valence-corrected chi connectivity index (χ2v) is 5.22. The predicted octanol–water partition coefficient (Wildman–Crippen LogP) is 4.28. The summed E-state index contributed by atoms with van der Waals surface area (Å²) in [7, 11) is 2.04. The summed E-state index contributed by atoms with van der Waals surface area (Å²) in [5, 5.41) is 3.40. The number of hydrogen-bond donors (Lipinski definition) is 1. The van der Waals surface area contributed by atoms with Gasteiger partial charge in [-0.05, 0) is 13.3 Å². The van der Waals surface area contributed by atoms with Crippen molar-refractivity contribution in [2.75, 3.05) is 11.9 Å². The van der Waals surface area contributed by atoms with Crippen LogP contribution in [0.2, 0.25) is 0 Å². The van der Waals surface area contributed by atoms with E-state index in [2.05, 4.69) is 28.0 Å². The van der Waals surface area contributed by atoms with Crippen LogP contribution in [0.15, 0.2) is 6.20 Å². The van der Waals surface area contributed by atoms with Gasteiger partial charge in [-0.1, -0.05) is 51.9 Å². The number of unbranched alkanes of at least 4 members (excludes halogenated alkanes) is 7. The second kappa shape index (κ2) is 9.01. The van der Waals surface area contributed by atoms with E-state index in [-0.39, 0.29) is 0 Å². The van der Waals surface area contributed by atoms with E-state index in [1.165, 1.54) is 51.4 Å². The molecule has 104 valence electrons. The maximum atomic E-state index is 4.43. The molecule has 3 nitrogen and oxygen atoms in total. The molecule has 0 aromatic carbocycles. The fourth-order valence-electron chi connectivity index (χ4n) is 2.24. The van der Waals surface area contributed by atoms with Crippen molar-refractivity contribution in [2.45, 2.75) is 65.2 Å². The van der Waals surface area contributed by atoms with Crippen LogP contribution in [-0.4, -0.2) is 16.1 Å². The smallest absolute Gasteiger partial charge is 0.202 e. The van der Waals surface area contributed by atoms with Crippen LogP contribution >= 0.6 is 0 Å². The molecule has 1 heterocycles. The van der Waals surface area contributed by atoms with E-state index in [0.717, 1.165) is 18.2 Å². The summed E-state index contributed by atoms with van der Waals surface area (Å²) in [5.74, 6) is 0.996. The zero-order valence-corrected chi connectivity index (χ0v) is 12.3. The van der Waals surface area contributed by atoms with Crippen molar-refractivity contribution in [3.05, 3.63) is 11.9 Å². The lowest BCUT2D eigenvalue weighted by Gasteiger charge is -2.05. The molecule has 0 bridgehead atoms. The Hall–Kier alpha value is -0.990. The van der Waals surface area contributed by atoms with E-state index in [1.807, 2.05) is 14.0 Å². The molecule has 0 saturated heterocycles. The third-order valence-corrected chi connectivity index (χ3v) is 3.31. The van der Waals surface area contributed by atoms with Gasteiger partial charge >= 0.3 is 0 Å². The average molecular weight is 251 g/mol. The van der Waals surface area contributed by atoms with Crippen molar-refractivity contribution in [3.8, 4) is 0 Å². The first kappa shape index (κ1) is 15.1. The molecule has 18 heavy (non-hydrogen) atoms. The average Bonchev–Trinajstić information content (AvgIpc) is 2.66. The zero-order valence-electron chi connectivity index (χ0n) is 12.3. The summed E-state index contributed by atoms with van der Waals surface area (Å²) >= 11 is 0. The van der Waals surface area contributed by atoms with Crippen molar-refractivity contribution in [2.24, 2.45) is 7.05 Å². The molecule has 0 spiro atoms. The summed E-state index contributed by atoms with van der Waals surface area (Å²) in [6.45, 7) is 5.34. The molecule has 1 rings (SSSR count). The first-order chi connectivity index (χ1) is 8.74. The highest BCUT2D eigenvalue weighted by Crippen LogP contribution is 2.09. The van der Waals surface area contributed by atoms with Crippen molar-refractivity contribution in [1.29, 1.82) is 0 Å². The Morgan fingerprint density at radius 3 is 2.22 bits per heavy atom. The van der Waals surface area contributed by atoms with Crippen LogP contribution in [0.1, 0.15) is 64.0 Å². The molecule has 0 atom stereocenters. The van der Waals surface area contributed by atoms with Gasteiger partial charge in [0.25, 0.3) is 0 Å². The maximum absolute atomic E-state index is 4.43. The Balaban J connectivity index is 1.94. The van der Waals surface area contributed by atoms with Gasteiger partial charge in [-0.2, -0.15) is 0 Å². The van der Waals surface area contributed by atoms with E-state index in [9.17, 15) is 0 Å². The summed E-state index contributed by atoms with van der Waals surface area (Å²) in [4.78, 5) is 4.43. The number of anilines is 1. The summed E-state index contributed by atoms with van der Waals surface area (Å²) in [6, 6.07) is 0. The Bertz CT molecular complexity index is 318. The molecule has 0 radical (unpaired) electrons. The lowest BCUT2D eigenvalue weighted by atomic mass is 10.1. The van der Waals surface area contributed by atoms with E-state index >= 15 is 0 Å². The Morgan fingerprint density at radius 1 is 1.06 bits per heavy atom. The summed E-state index contributed by atoms with van der Waals surface area (Å²) in [5.41, 5.74) is 1.08. The van der Waals surface area contributed by atoms with Crippen LogP contribution < -0.4 is 5.32 Å². The molecule has 0 amide bonds. The molecule has 0 unspecified atom stereocenters. The molecule has 0 aliphatic rings. The Morgan fingerprint density at radius 2 is 1.67 bits per heavy atom. The molecule has 0 fully saturated rings. The lowest BCUT2D eigenvalue weighted by Crippen LogP contribution is -2.06. The number of nitrogens with zero attached hydrogens (tertiary/aromatic N) is 2. The normalized spacial score (nSPS) is 10.8. The Labute approximate surface area is 112 Å². The van der Waals surface area contributed by atoms with Crippen LogP contribution in [-0.2, 0) is 7.05 Å². The second-order valence-electron chi connectivity index (χ2n) is 5.22. The summed E-state index contributed by atoms with van der Waals surface area (Å²) < 4.78 is 2.06. The van der Waals surface area contributed by atoms with Gasteiger partial charge < -0.3 is 9.88 Å². The molecule has 0 saturated carbocycles. The highest BCUT2D eigenvalue weighted by atomic mass is 15.2. The van der Waals surface area contributed by atoms with Crippen LogP contribution in [0.4, 0.5) is 5.95 Å². The number of hydrogen-bond acceptors (Lipinski definition) is 2. The van der Waals surface area contributed by atoms with Gasteiger partial charge in [-0.15, -0.1) is 0 Å². The molecule has 1 aromatic heterocycles. The number of aromatic nitrogens is 2. The largest absolute Gasteiger partial charge is 0.356 e. The van der Waals surface area contributed by atoms with Crippen molar-refractivity contribution in [1.82, 2.24) is 9.55 Å². The van der Waals surface area contributed by atoms with E-state index in [0.29, 0.717) is 0 Å².